The summed E-state index contributed by atoms with van der Waals surface area (Å²) < 4.78 is 44.9. The van der Waals surface area contributed by atoms with Crippen molar-refractivity contribution in [2.45, 2.75) is 50.9 Å². The Bertz CT molecular complexity index is 1100. The molecule has 7 heteroatoms. The maximum absolute atomic E-state index is 13.1. The number of halogens is 3. The second kappa shape index (κ2) is 9.41. The van der Waals surface area contributed by atoms with Crippen LogP contribution in [0.15, 0.2) is 48.7 Å². The maximum atomic E-state index is 13.1. The van der Waals surface area contributed by atoms with E-state index in [-0.39, 0.29) is 29.8 Å². The molecule has 7 atom stereocenters. The van der Waals surface area contributed by atoms with Gasteiger partial charge in [0.1, 0.15) is 6.10 Å². The number of pyridine rings is 1. The van der Waals surface area contributed by atoms with Crippen molar-refractivity contribution in [3.8, 4) is 11.1 Å². The van der Waals surface area contributed by atoms with Crippen LogP contribution in [0.2, 0.25) is 0 Å². The first kappa shape index (κ1) is 24.0. The molecule has 0 radical (unpaired) electrons. The van der Waals surface area contributed by atoms with E-state index in [0.29, 0.717) is 29.0 Å². The number of hydrogen-bond acceptors (Lipinski definition) is 4. The number of carbonyl (C=O) groups excluding carboxylic acids is 1. The largest absolute Gasteiger partial charge is 0.462 e. The highest BCUT2D eigenvalue weighted by molar-refractivity contribution is 5.75. The number of rotatable bonds is 4. The van der Waals surface area contributed by atoms with Gasteiger partial charge in [-0.3, -0.25) is 9.78 Å². The topological polar surface area (TPSA) is 51.2 Å². The lowest BCUT2D eigenvalue weighted by atomic mass is 9.57. The molecule has 4 nitrogen and oxygen atoms in total. The predicted octanol–water partition coefficient (Wildman–Crippen LogP) is 5.98. The summed E-state index contributed by atoms with van der Waals surface area (Å²) in [5.74, 6) is 1.31. The molecule has 35 heavy (non-hydrogen) atoms. The van der Waals surface area contributed by atoms with Gasteiger partial charge < -0.3 is 10.1 Å². The molecule has 5 rings (SSSR count). The third kappa shape index (κ3) is 4.75. The zero-order valence-electron chi connectivity index (χ0n) is 20.0. The molecule has 186 valence electrons. The number of esters is 1. The fourth-order valence-electron chi connectivity index (χ4n) is 6.64. The SMILES string of the molecule is CN[C@@H]1CC[C@@H]2[C@@H](C1)C[C@H]1C(=O)O[C@H](C)[C@H]1[C@H]2/C=C/c1ccc(-c2cccc(C(F)(F)F)c2)cn1. The molecule has 3 fully saturated rings. The van der Waals surface area contributed by atoms with Crippen LogP contribution in [-0.2, 0) is 15.7 Å². The van der Waals surface area contributed by atoms with Gasteiger partial charge in [-0.05, 0) is 87.2 Å². The van der Waals surface area contributed by atoms with Crippen LogP contribution >= 0.6 is 0 Å². The Kier molecular flexibility index (Phi) is 6.47. The molecule has 3 aliphatic rings. The van der Waals surface area contributed by atoms with Gasteiger partial charge in [0.2, 0.25) is 0 Å². The molecule has 1 saturated heterocycles. The molecule has 2 saturated carbocycles. The van der Waals surface area contributed by atoms with Crippen molar-refractivity contribution in [1.29, 1.82) is 0 Å². The molecule has 1 aliphatic heterocycles. The Morgan fingerprint density at radius 1 is 1.11 bits per heavy atom. The standard InChI is InChI=1S/C28H31F3N2O2/c1-16-26-24(23-10-9-22(32-2)13-19(23)14-25(26)27(34)35-16)11-8-21-7-6-18(15-33-21)17-4-3-5-20(12-17)28(29,30)31/h3-8,11-12,15-16,19,22-26,32H,9-10,13-14H2,1-2H3/b11-8+/t16-,19+,22-,23-,24+,25-,26+/m1/s1. The van der Waals surface area contributed by atoms with Crippen molar-refractivity contribution in [2.24, 2.45) is 29.6 Å². The van der Waals surface area contributed by atoms with Gasteiger partial charge in [0.15, 0.2) is 0 Å². The van der Waals surface area contributed by atoms with Crippen molar-refractivity contribution in [3.05, 3.63) is 59.9 Å². The summed E-state index contributed by atoms with van der Waals surface area (Å²) in [6.07, 6.45) is 5.59. The molecule has 0 bridgehead atoms. The van der Waals surface area contributed by atoms with Crippen LogP contribution in [0, 0.1) is 29.6 Å². The van der Waals surface area contributed by atoms with Crippen LogP contribution in [0.3, 0.4) is 0 Å². The highest BCUT2D eigenvalue weighted by atomic mass is 19.4. The highest BCUT2D eigenvalue weighted by Gasteiger charge is 2.54. The average molecular weight is 485 g/mol. The quantitative estimate of drug-likeness (QED) is 0.543. The second-order valence-corrected chi connectivity index (χ2v) is 10.3. The number of ether oxygens (including phenoxy) is 1. The van der Waals surface area contributed by atoms with Crippen LogP contribution in [-0.4, -0.2) is 30.1 Å². The number of carbonyl (C=O) groups is 1. The summed E-state index contributed by atoms with van der Waals surface area (Å²) in [5, 5.41) is 3.41. The van der Waals surface area contributed by atoms with Crippen LogP contribution in [0.5, 0.6) is 0 Å². The highest BCUT2D eigenvalue weighted by Crippen LogP contribution is 2.53. The van der Waals surface area contributed by atoms with E-state index in [4.69, 9.17) is 4.74 Å². The molecule has 2 aromatic rings. The number of hydrogen-bond donors (Lipinski definition) is 1. The third-order valence-electron chi connectivity index (χ3n) is 8.36. The van der Waals surface area contributed by atoms with E-state index in [1.54, 1.807) is 18.3 Å². The number of alkyl halides is 3. The van der Waals surface area contributed by atoms with Crippen molar-refractivity contribution in [1.82, 2.24) is 10.3 Å². The summed E-state index contributed by atoms with van der Waals surface area (Å²) >= 11 is 0. The van der Waals surface area contributed by atoms with Gasteiger partial charge in [-0.25, -0.2) is 0 Å². The van der Waals surface area contributed by atoms with Crippen LogP contribution in [0.25, 0.3) is 17.2 Å². The fourth-order valence-corrected chi connectivity index (χ4v) is 6.64. The summed E-state index contributed by atoms with van der Waals surface area (Å²) in [7, 11) is 2.01. The van der Waals surface area contributed by atoms with Crippen molar-refractivity contribution >= 4 is 12.0 Å². The first-order valence-electron chi connectivity index (χ1n) is 12.4. The number of fused-ring (bicyclic) bond motifs is 2. The predicted molar refractivity (Wildman–Crippen MR) is 128 cm³/mol. The number of nitrogens with zero attached hydrogens (tertiary/aromatic N) is 1. The van der Waals surface area contributed by atoms with E-state index in [1.165, 1.54) is 6.07 Å². The van der Waals surface area contributed by atoms with Gasteiger partial charge >= 0.3 is 12.1 Å². The third-order valence-corrected chi connectivity index (χ3v) is 8.36. The fraction of sp³-hybridized carbons (Fsp3) is 0.500. The monoisotopic (exact) mass is 484 g/mol. The van der Waals surface area contributed by atoms with E-state index < -0.39 is 11.7 Å². The lowest BCUT2D eigenvalue weighted by Gasteiger charge is -2.47. The Morgan fingerprint density at radius 3 is 2.66 bits per heavy atom. The number of allylic oxidation sites excluding steroid dienone is 1. The molecule has 0 amide bonds. The Balaban J connectivity index is 1.37. The van der Waals surface area contributed by atoms with Crippen LogP contribution in [0.1, 0.15) is 43.9 Å². The minimum absolute atomic E-state index is 0.0484. The maximum Gasteiger partial charge on any atom is 0.416 e. The molecule has 1 aromatic heterocycles. The van der Waals surface area contributed by atoms with Gasteiger partial charge in [-0.1, -0.05) is 24.3 Å². The van der Waals surface area contributed by atoms with Crippen LogP contribution < -0.4 is 5.32 Å². The van der Waals surface area contributed by atoms with Gasteiger partial charge in [0, 0.05) is 23.7 Å². The summed E-state index contributed by atoms with van der Waals surface area (Å²) in [4.78, 5) is 17.1. The number of cyclic esters (lactones) is 1. The Morgan fingerprint density at radius 2 is 1.94 bits per heavy atom. The smallest absolute Gasteiger partial charge is 0.416 e. The zero-order valence-corrected chi connectivity index (χ0v) is 20.0. The molecule has 1 N–H and O–H groups in total. The van der Waals surface area contributed by atoms with E-state index >= 15 is 0 Å². The molecule has 2 aliphatic carbocycles. The molecular weight excluding hydrogens is 453 g/mol. The van der Waals surface area contributed by atoms with Gasteiger partial charge in [-0.2, -0.15) is 13.2 Å². The Labute approximate surface area is 204 Å². The van der Waals surface area contributed by atoms with Crippen LogP contribution in [0.4, 0.5) is 13.2 Å². The molecule has 2 heterocycles. The van der Waals surface area contributed by atoms with Gasteiger partial charge in [0.25, 0.3) is 0 Å². The Hall–Kier alpha value is -2.67. The zero-order chi connectivity index (χ0) is 24.7. The van der Waals surface area contributed by atoms with Gasteiger partial charge in [-0.15, -0.1) is 0 Å². The molecule has 0 spiro atoms. The lowest BCUT2D eigenvalue weighted by molar-refractivity contribution is -0.144. The van der Waals surface area contributed by atoms with E-state index in [1.807, 2.05) is 26.1 Å². The van der Waals surface area contributed by atoms with Crippen molar-refractivity contribution < 1.29 is 22.7 Å². The van der Waals surface area contributed by atoms with E-state index in [0.717, 1.165) is 43.5 Å². The first-order valence-corrected chi connectivity index (χ1v) is 12.4. The minimum atomic E-state index is -4.38. The molecule has 0 unspecified atom stereocenters. The number of aromatic nitrogens is 1. The van der Waals surface area contributed by atoms with E-state index in [2.05, 4.69) is 16.4 Å². The molecular formula is C28H31F3N2O2. The lowest BCUT2D eigenvalue weighted by Crippen LogP contribution is -2.46. The van der Waals surface area contributed by atoms with Crippen molar-refractivity contribution in [3.63, 3.8) is 0 Å². The minimum Gasteiger partial charge on any atom is -0.462 e. The summed E-state index contributed by atoms with van der Waals surface area (Å²) in [5.41, 5.74) is 1.20. The average Bonchev–Trinajstić information content (AvgIpc) is 3.14. The normalized spacial score (nSPS) is 32.8. The first-order chi connectivity index (χ1) is 16.7. The number of nitrogens with one attached hydrogen (secondary N) is 1. The van der Waals surface area contributed by atoms with Crippen molar-refractivity contribution in [2.75, 3.05) is 7.05 Å². The van der Waals surface area contributed by atoms with E-state index in [9.17, 15) is 18.0 Å². The summed E-state index contributed by atoms with van der Waals surface area (Å²) in [6.45, 7) is 2.01. The summed E-state index contributed by atoms with van der Waals surface area (Å²) in [6, 6.07) is 9.42. The number of benzene rings is 1. The molecule has 1 aromatic carbocycles. The van der Waals surface area contributed by atoms with Gasteiger partial charge in [0.05, 0.1) is 17.2 Å². The second-order valence-electron chi connectivity index (χ2n) is 10.3.